The fraction of sp³-hybridized carbons (Fsp3) is 0.375. The van der Waals surface area contributed by atoms with E-state index in [1.165, 1.54) is 0 Å². The molecule has 2 aromatic carbocycles. The van der Waals surface area contributed by atoms with Gasteiger partial charge in [-0.25, -0.2) is 0 Å². The van der Waals surface area contributed by atoms with Gasteiger partial charge in [-0.2, -0.15) is 0 Å². The van der Waals surface area contributed by atoms with Crippen molar-refractivity contribution in [1.82, 2.24) is 0 Å². The van der Waals surface area contributed by atoms with Gasteiger partial charge in [0.15, 0.2) is 5.78 Å². The molecule has 0 saturated heterocycles. The van der Waals surface area contributed by atoms with Crippen LogP contribution in [0.15, 0.2) is 65.7 Å². The van der Waals surface area contributed by atoms with E-state index in [2.05, 4.69) is 12.1 Å². The van der Waals surface area contributed by atoms with E-state index < -0.39 is 11.5 Å². The van der Waals surface area contributed by atoms with E-state index in [4.69, 9.17) is 4.74 Å². The molecule has 0 aliphatic heterocycles. The van der Waals surface area contributed by atoms with Crippen LogP contribution in [0.1, 0.15) is 50.2 Å². The van der Waals surface area contributed by atoms with E-state index in [9.17, 15) is 9.90 Å². The van der Waals surface area contributed by atoms with Gasteiger partial charge in [0.25, 0.3) is 0 Å². The highest BCUT2D eigenvalue weighted by Gasteiger charge is 2.48. The lowest BCUT2D eigenvalue weighted by atomic mass is 9.58. The Balaban J connectivity index is 1.61. The minimum absolute atomic E-state index is 0.234. The lowest BCUT2D eigenvalue weighted by Gasteiger charge is -2.47. The Morgan fingerprint density at radius 2 is 1.81 bits per heavy atom. The molecule has 0 unspecified atom stereocenters. The highest BCUT2D eigenvalue weighted by molar-refractivity contribution is 5.97. The quantitative estimate of drug-likeness (QED) is 0.855. The average molecular weight is 362 g/mol. The van der Waals surface area contributed by atoms with Crippen molar-refractivity contribution in [3.8, 4) is 5.75 Å². The summed E-state index contributed by atoms with van der Waals surface area (Å²) in [6.07, 6.45) is 3.42. The topological polar surface area (TPSA) is 46.5 Å². The molecule has 1 N–H and O–H groups in total. The van der Waals surface area contributed by atoms with Crippen molar-refractivity contribution < 1.29 is 14.6 Å². The van der Waals surface area contributed by atoms with Gasteiger partial charge in [-0.15, -0.1) is 0 Å². The molecule has 1 fully saturated rings. The van der Waals surface area contributed by atoms with Gasteiger partial charge in [-0.05, 0) is 61.4 Å². The zero-order valence-corrected chi connectivity index (χ0v) is 15.8. The zero-order valence-electron chi connectivity index (χ0n) is 15.8. The van der Waals surface area contributed by atoms with Crippen molar-refractivity contribution in [3.63, 3.8) is 0 Å². The van der Waals surface area contributed by atoms with Crippen molar-refractivity contribution in [2.24, 2.45) is 0 Å². The van der Waals surface area contributed by atoms with Crippen LogP contribution >= 0.6 is 0 Å². The van der Waals surface area contributed by atoms with Crippen LogP contribution in [-0.2, 0) is 16.8 Å². The molecule has 0 aromatic heterocycles. The highest BCUT2D eigenvalue weighted by Crippen LogP contribution is 2.51. The molecule has 2 aliphatic carbocycles. The van der Waals surface area contributed by atoms with Gasteiger partial charge < -0.3 is 9.84 Å². The molecule has 140 valence electrons. The van der Waals surface area contributed by atoms with Crippen molar-refractivity contribution in [3.05, 3.63) is 76.9 Å². The number of allylic oxidation sites excluding steroid dienone is 1. The molecule has 0 amide bonds. The Morgan fingerprint density at radius 3 is 2.56 bits per heavy atom. The monoisotopic (exact) mass is 362 g/mol. The second-order valence-corrected chi connectivity index (χ2v) is 7.70. The lowest BCUT2D eigenvalue weighted by molar-refractivity contribution is -0.117. The van der Waals surface area contributed by atoms with Crippen LogP contribution in [0, 0.1) is 0 Å². The van der Waals surface area contributed by atoms with E-state index >= 15 is 0 Å². The number of carbonyl (C=O) groups excluding carboxylic acids is 1. The summed E-state index contributed by atoms with van der Waals surface area (Å²) >= 11 is 0. The molecule has 0 radical (unpaired) electrons. The number of fused-ring (bicyclic) bond motifs is 1. The molecule has 27 heavy (non-hydrogen) atoms. The molecule has 2 aromatic rings. The second-order valence-electron chi connectivity index (χ2n) is 7.70. The van der Waals surface area contributed by atoms with Gasteiger partial charge in [0.2, 0.25) is 0 Å². The van der Waals surface area contributed by atoms with Crippen LogP contribution < -0.4 is 4.74 Å². The Hall–Kier alpha value is -2.39. The average Bonchev–Trinajstić information content (AvgIpc) is 2.71. The lowest BCUT2D eigenvalue weighted by Crippen LogP contribution is -2.47. The van der Waals surface area contributed by atoms with E-state index in [0.29, 0.717) is 19.4 Å². The summed E-state index contributed by atoms with van der Waals surface area (Å²) in [6.45, 7) is 2.47. The molecular weight excluding hydrogens is 336 g/mol. The first-order valence-electron chi connectivity index (χ1n) is 9.80. The highest BCUT2D eigenvalue weighted by atomic mass is 16.5. The molecule has 3 heteroatoms. The smallest absolute Gasteiger partial charge is 0.158 e. The van der Waals surface area contributed by atoms with Gasteiger partial charge in [0.05, 0.1) is 6.10 Å². The molecular formula is C24H26O3. The second kappa shape index (κ2) is 7.32. The van der Waals surface area contributed by atoms with E-state index in [-0.39, 0.29) is 5.78 Å². The number of aliphatic hydroxyl groups excluding tert-OH is 1. The number of hydrogen-bond donors (Lipinski definition) is 1. The summed E-state index contributed by atoms with van der Waals surface area (Å²) in [5, 5.41) is 11.0. The number of hydrogen-bond acceptors (Lipinski definition) is 3. The largest absolute Gasteiger partial charge is 0.489 e. The molecule has 0 heterocycles. The molecule has 2 aliphatic rings. The van der Waals surface area contributed by atoms with Gasteiger partial charge in [0.1, 0.15) is 12.4 Å². The van der Waals surface area contributed by atoms with Crippen LogP contribution in [0.25, 0.3) is 0 Å². The number of ether oxygens (including phenoxy) is 1. The minimum Gasteiger partial charge on any atom is -0.489 e. The van der Waals surface area contributed by atoms with Crippen molar-refractivity contribution in [2.45, 2.75) is 57.2 Å². The van der Waals surface area contributed by atoms with Crippen molar-refractivity contribution in [2.75, 3.05) is 0 Å². The van der Waals surface area contributed by atoms with Gasteiger partial charge in [0, 0.05) is 11.8 Å². The summed E-state index contributed by atoms with van der Waals surface area (Å²) < 4.78 is 5.90. The standard InChI is InChI=1S/C24H26O3/c1-17-21-8-5-9-23(26)24(21,15-14-22(17)25)19-10-12-20(13-11-19)27-16-18-6-3-2-4-7-18/h2-4,6-7,10-13,23,26H,5,8-9,14-16H2,1H3/t23-,24+/m0/s1. The first-order valence-corrected chi connectivity index (χ1v) is 9.80. The predicted molar refractivity (Wildman–Crippen MR) is 106 cm³/mol. The maximum absolute atomic E-state index is 12.2. The van der Waals surface area contributed by atoms with Crippen LogP contribution in [0.3, 0.4) is 0 Å². The van der Waals surface area contributed by atoms with E-state index in [1.807, 2.05) is 49.4 Å². The summed E-state index contributed by atoms with van der Waals surface area (Å²) in [4.78, 5) is 12.2. The fourth-order valence-corrected chi connectivity index (χ4v) is 4.75. The number of rotatable bonds is 4. The van der Waals surface area contributed by atoms with Crippen LogP contribution in [0.5, 0.6) is 5.75 Å². The van der Waals surface area contributed by atoms with Gasteiger partial charge in [-0.3, -0.25) is 4.79 Å². The van der Waals surface area contributed by atoms with Gasteiger partial charge >= 0.3 is 0 Å². The number of carbonyl (C=O) groups is 1. The summed E-state index contributed by atoms with van der Waals surface area (Å²) in [5.41, 5.74) is 3.84. The third kappa shape index (κ3) is 3.21. The number of ketones is 1. The molecule has 2 atom stereocenters. The SMILES string of the molecule is CC1=C2CCC[C@H](O)[C@@]2(c2ccc(OCc3ccccc3)cc2)CCC1=O. The first-order chi connectivity index (χ1) is 13.1. The van der Waals surface area contributed by atoms with Crippen molar-refractivity contribution in [1.29, 1.82) is 0 Å². The number of Topliss-reactive ketones (excluding diaryl/α,β-unsaturated/α-hetero) is 1. The molecule has 0 spiro atoms. The number of aliphatic hydroxyl groups is 1. The first kappa shape index (κ1) is 18.0. The summed E-state index contributed by atoms with van der Waals surface area (Å²) in [6, 6.07) is 18.2. The van der Waals surface area contributed by atoms with Crippen LogP contribution in [0.4, 0.5) is 0 Å². The Labute approximate surface area is 160 Å². The zero-order chi connectivity index (χ0) is 18.9. The molecule has 0 bridgehead atoms. The Bertz CT molecular complexity index is 851. The van der Waals surface area contributed by atoms with Crippen molar-refractivity contribution >= 4 is 5.78 Å². The maximum atomic E-state index is 12.2. The third-order valence-electron chi connectivity index (χ3n) is 6.25. The predicted octanol–water partition coefficient (Wildman–Crippen LogP) is 4.73. The van der Waals surface area contributed by atoms with E-state index in [0.717, 1.165) is 47.3 Å². The van der Waals surface area contributed by atoms with Crippen LogP contribution in [-0.4, -0.2) is 17.0 Å². The normalized spacial score (nSPS) is 25.3. The minimum atomic E-state index is -0.430. The molecule has 4 rings (SSSR count). The summed E-state index contributed by atoms with van der Waals surface area (Å²) in [7, 11) is 0. The molecule has 3 nitrogen and oxygen atoms in total. The summed E-state index contributed by atoms with van der Waals surface area (Å²) in [5.74, 6) is 1.05. The Kier molecular flexibility index (Phi) is 4.88. The van der Waals surface area contributed by atoms with Gasteiger partial charge in [-0.1, -0.05) is 48.0 Å². The third-order valence-corrected chi connectivity index (χ3v) is 6.25. The number of benzene rings is 2. The Morgan fingerprint density at radius 1 is 1.07 bits per heavy atom. The van der Waals surface area contributed by atoms with Crippen LogP contribution in [0.2, 0.25) is 0 Å². The van der Waals surface area contributed by atoms with E-state index in [1.54, 1.807) is 0 Å². The molecule has 1 saturated carbocycles. The fourth-order valence-electron chi connectivity index (χ4n) is 4.75. The maximum Gasteiger partial charge on any atom is 0.158 e.